The third-order valence-corrected chi connectivity index (χ3v) is 13.5. The van der Waals surface area contributed by atoms with Crippen molar-refractivity contribution < 1.29 is 0 Å². The van der Waals surface area contributed by atoms with Crippen molar-refractivity contribution in [2.75, 3.05) is 4.90 Å². The second kappa shape index (κ2) is 18.3. The third-order valence-electron chi connectivity index (χ3n) is 13.5. The summed E-state index contributed by atoms with van der Waals surface area (Å²) in [5.41, 5.74) is 19.9. The summed E-state index contributed by atoms with van der Waals surface area (Å²) in [4.78, 5) is 2.45. The minimum absolute atomic E-state index is 1.07. The molecule has 0 amide bonds. The molecule has 0 aliphatic carbocycles. The molecule has 12 rings (SSSR count). The molecule has 1 heteroatoms. The number of fused-ring (bicyclic) bond motifs is 2. The first kappa shape index (κ1) is 41.4. The summed E-state index contributed by atoms with van der Waals surface area (Å²) in [6.45, 7) is 0. The summed E-state index contributed by atoms with van der Waals surface area (Å²) in [6, 6.07) is 104. The van der Waals surface area contributed by atoms with Gasteiger partial charge in [0.1, 0.15) is 0 Å². The first-order valence-electron chi connectivity index (χ1n) is 23.7. The first-order valence-corrected chi connectivity index (χ1v) is 23.7. The molecular formula is C68H47N. The van der Waals surface area contributed by atoms with Gasteiger partial charge in [0.2, 0.25) is 0 Å². The normalized spacial score (nSPS) is 11.2. The molecule has 1 nitrogen and oxygen atoms in total. The standard InChI is InChI=1S/C68H47N/c1-4-16-48(17-5-1)49-30-32-50(33-31-49)51-34-40-59(41-35-51)69(60-42-36-52(37-43-60)57-38-44-64(53-18-6-2-7-19-53)67(46-57)56-20-8-3-9-21-56)68-47-58(63-28-14-24-54-22-10-12-26-61(54)63)39-45-66(68)65-29-15-25-55-23-11-13-27-62(55)65/h1-47H. The third kappa shape index (κ3) is 8.18. The predicted molar refractivity (Wildman–Crippen MR) is 294 cm³/mol. The van der Waals surface area contributed by atoms with Gasteiger partial charge in [-0.3, -0.25) is 0 Å². The molecule has 0 N–H and O–H groups in total. The molecule has 0 fully saturated rings. The van der Waals surface area contributed by atoms with Crippen molar-refractivity contribution >= 4 is 38.6 Å². The smallest absolute Gasteiger partial charge is 0.0546 e. The summed E-state index contributed by atoms with van der Waals surface area (Å²) in [7, 11) is 0. The van der Waals surface area contributed by atoms with E-state index in [0.717, 1.165) is 33.8 Å². The lowest BCUT2D eigenvalue weighted by Gasteiger charge is -2.29. The topological polar surface area (TPSA) is 3.24 Å². The molecule has 0 spiro atoms. The Hall–Kier alpha value is -9.04. The lowest BCUT2D eigenvalue weighted by atomic mass is 9.91. The molecule has 12 aromatic rings. The van der Waals surface area contributed by atoms with Crippen LogP contribution in [0.25, 0.3) is 99.4 Å². The zero-order chi connectivity index (χ0) is 45.9. The van der Waals surface area contributed by atoms with E-state index in [4.69, 9.17) is 0 Å². The number of hydrogen-bond donors (Lipinski definition) is 0. The van der Waals surface area contributed by atoms with E-state index in [1.807, 2.05) is 0 Å². The highest BCUT2D eigenvalue weighted by molar-refractivity contribution is 6.04. The number of hydrogen-bond acceptors (Lipinski definition) is 1. The van der Waals surface area contributed by atoms with Gasteiger partial charge in [0.25, 0.3) is 0 Å². The summed E-state index contributed by atoms with van der Waals surface area (Å²) in [6.07, 6.45) is 0. The molecule has 0 radical (unpaired) electrons. The molecule has 324 valence electrons. The van der Waals surface area contributed by atoms with Crippen molar-refractivity contribution in [2.24, 2.45) is 0 Å². The van der Waals surface area contributed by atoms with Crippen molar-refractivity contribution in [1.82, 2.24) is 0 Å². The summed E-state index contributed by atoms with van der Waals surface area (Å²) in [5.74, 6) is 0. The fourth-order valence-electron chi connectivity index (χ4n) is 10.0. The van der Waals surface area contributed by atoms with Gasteiger partial charge >= 0.3 is 0 Å². The maximum absolute atomic E-state index is 2.45. The van der Waals surface area contributed by atoms with Crippen molar-refractivity contribution in [1.29, 1.82) is 0 Å². The van der Waals surface area contributed by atoms with E-state index < -0.39 is 0 Å². The maximum Gasteiger partial charge on any atom is 0.0546 e. The zero-order valence-electron chi connectivity index (χ0n) is 38.1. The fourth-order valence-corrected chi connectivity index (χ4v) is 10.0. The Bertz CT molecular complexity index is 3720. The molecule has 69 heavy (non-hydrogen) atoms. The van der Waals surface area contributed by atoms with Crippen LogP contribution in [0, 0.1) is 0 Å². The average molecular weight is 878 g/mol. The molecule has 0 unspecified atom stereocenters. The van der Waals surface area contributed by atoms with Gasteiger partial charge in [0.15, 0.2) is 0 Å². The van der Waals surface area contributed by atoms with Crippen LogP contribution in [-0.2, 0) is 0 Å². The van der Waals surface area contributed by atoms with Crippen LogP contribution >= 0.6 is 0 Å². The second-order valence-corrected chi connectivity index (χ2v) is 17.7. The van der Waals surface area contributed by atoms with Crippen molar-refractivity contribution in [2.45, 2.75) is 0 Å². The first-order chi connectivity index (χ1) is 34.2. The Labute approximate surface area is 404 Å². The van der Waals surface area contributed by atoms with E-state index in [0.29, 0.717) is 0 Å². The van der Waals surface area contributed by atoms with Crippen LogP contribution in [0.15, 0.2) is 285 Å². The van der Waals surface area contributed by atoms with Crippen LogP contribution in [0.2, 0.25) is 0 Å². The minimum Gasteiger partial charge on any atom is -0.310 e. The molecule has 12 aromatic carbocycles. The van der Waals surface area contributed by atoms with E-state index in [-0.39, 0.29) is 0 Å². The van der Waals surface area contributed by atoms with E-state index in [1.165, 1.54) is 82.7 Å². The largest absolute Gasteiger partial charge is 0.310 e. The highest BCUT2D eigenvalue weighted by atomic mass is 15.1. The highest BCUT2D eigenvalue weighted by Gasteiger charge is 2.21. The van der Waals surface area contributed by atoms with Gasteiger partial charge in [-0.25, -0.2) is 0 Å². The zero-order valence-corrected chi connectivity index (χ0v) is 38.1. The van der Waals surface area contributed by atoms with Gasteiger partial charge in [-0.2, -0.15) is 0 Å². The molecule has 0 bridgehead atoms. The van der Waals surface area contributed by atoms with E-state index >= 15 is 0 Å². The summed E-state index contributed by atoms with van der Waals surface area (Å²) in [5, 5.41) is 4.89. The van der Waals surface area contributed by atoms with Crippen LogP contribution in [0.1, 0.15) is 0 Å². The van der Waals surface area contributed by atoms with E-state index in [1.54, 1.807) is 0 Å². The molecule has 0 saturated carbocycles. The summed E-state index contributed by atoms with van der Waals surface area (Å²) < 4.78 is 0. The molecule has 0 atom stereocenters. The lowest BCUT2D eigenvalue weighted by Crippen LogP contribution is -2.11. The van der Waals surface area contributed by atoms with Crippen LogP contribution in [0.5, 0.6) is 0 Å². The lowest BCUT2D eigenvalue weighted by molar-refractivity contribution is 1.28. The van der Waals surface area contributed by atoms with Crippen LogP contribution < -0.4 is 4.90 Å². The molecular weight excluding hydrogens is 831 g/mol. The van der Waals surface area contributed by atoms with Gasteiger partial charge in [-0.1, -0.05) is 249 Å². The Morgan fingerprint density at radius 2 is 0.565 bits per heavy atom. The van der Waals surface area contributed by atoms with E-state index in [9.17, 15) is 0 Å². The maximum atomic E-state index is 2.45. The van der Waals surface area contributed by atoms with Crippen LogP contribution in [0.3, 0.4) is 0 Å². The number of anilines is 3. The Morgan fingerprint density at radius 3 is 1.13 bits per heavy atom. The van der Waals surface area contributed by atoms with Crippen molar-refractivity contribution in [3.8, 4) is 77.9 Å². The highest BCUT2D eigenvalue weighted by Crippen LogP contribution is 2.46. The average Bonchev–Trinajstić information content (AvgIpc) is 3.44. The molecule has 0 aromatic heterocycles. The fraction of sp³-hybridized carbons (Fsp3) is 0. The van der Waals surface area contributed by atoms with Gasteiger partial charge in [-0.15, -0.1) is 0 Å². The van der Waals surface area contributed by atoms with E-state index in [2.05, 4.69) is 290 Å². The number of nitrogens with zero attached hydrogens (tertiary/aromatic N) is 1. The summed E-state index contributed by atoms with van der Waals surface area (Å²) >= 11 is 0. The molecule has 0 heterocycles. The predicted octanol–water partition coefficient (Wildman–Crippen LogP) is 19.1. The minimum atomic E-state index is 1.07. The Kier molecular flexibility index (Phi) is 11.0. The van der Waals surface area contributed by atoms with Gasteiger partial charge in [0, 0.05) is 16.9 Å². The molecule has 0 aliphatic rings. The van der Waals surface area contributed by atoms with Crippen molar-refractivity contribution in [3.05, 3.63) is 285 Å². The van der Waals surface area contributed by atoms with Gasteiger partial charge in [-0.05, 0) is 130 Å². The Balaban J connectivity index is 1.02. The van der Waals surface area contributed by atoms with Gasteiger partial charge in [0.05, 0.1) is 5.69 Å². The molecule has 0 aliphatic heterocycles. The SMILES string of the molecule is c1ccc(-c2ccc(-c3ccc(N(c4ccc(-c5ccc(-c6ccccc6)c(-c6ccccc6)c5)cc4)c4cc(-c5cccc6ccccc56)ccc4-c4cccc5ccccc45)cc3)cc2)cc1. The Morgan fingerprint density at radius 1 is 0.188 bits per heavy atom. The molecule has 0 saturated heterocycles. The van der Waals surface area contributed by atoms with Gasteiger partial charge < -0.3 is 4.90 Å². The van der Waals surface area contributed by atoms with Crippen LogP contribution in [0.4, 0.5) is 17.1 Å². The van der Waals surface area contributed by atoms with Crippen LogP contribution in [-0.4, -0.2) is 0 Å². The monoisotopic (exact) mass is 877 g/mol. The second-order valence-electron chi connectivity index (χ2n) is 17.7. The number of benzene rings is 12. The quantitative estimate of drug-likeness (QED) is 0.132. The van der Waals surface area contributed by atoms with Crippen molar-refractivity contribution in [3.63, 3.8) is 0 Å². The number of rotatable bonds is 10.